The monoisotopic (exact) mass is 261 g/mol. The van der Waals surface area contributed by atoms with Gasteiger partial charge in [0.1, 0.15) is 0 Å². The van der Waals surface area contributed by atoms with E-state index >= 15 is 0 Å². The van der Waals surface area contributed by atoms with Crippen LogP contribution in [0, 0.1) is 0 Å². The van der Waals surface area contributed by atoms with Crippen molar-refractivity contribution in [1.82, 2.24) is 15.2 Å². The highest BCUT2D eigenvalue weighted by Crippen LogP contribution is 2.27. The fourth-order valence-electron chi connectivity index (χ4n) is 2.88. The SMILES string of the molecule is CN(C)C(=O)C1(CCCc2ccncc2)CCCN1. The van der Waals surface area contributed by atoms with Crippen molar-refractivity contribution in [2.75, 3.05) is 20.6 Å². The number of nitrogens with zero attached hydrogens (tertiary/aromatic N) is 2. The Morgan fingerprint density at radius 1 is 1.42 bits per heavy atom. The number of carbonyl (C=O) groups excluding carboxylic acids is 1. The highest BCUT2D eigenvalue weighted by molar-refractivity contribution is 5.86. The third-order valence-corrected chi connectivity index (χ3v) is 3.88. The van der Waals surface area contributed by atoms with E-state index in [0.29, 0.717) is 0 Å². The first kappa shape index (κ1) is 14.0. The van der Waals surface area contributed by atoms with E-state index in [1.807, 2.05) is 38.6 Å². The minimum absolute atomic E-state index is 0.222. The lowest BCUT2D eigenvalue weighted by atomic mass is 9.88. The van der Waals surface area contributed by atoms with Gasteiger partial charge in [0.15, 0.2) is 0 Å². The van der Waals surface area contributed by atoms with Crippen LogP contribution in [-0.4, -0.2) is 42.0 Å². The van der Waals surface area contributed by atoms with Crippen LogP contribution >= 0.6 is 0 Å². The van der Waals surface area contributed by atoms with Crippen LogP contribution in [0.1, 0.15) is 31.2 Å². The molecule has 1 amide bonds. The average molecular weight is 261 g/mol. The standard InChI is InChI=1S/C15H23N3O/c1-18(2)14(19)15(9-4-10-17-15)8-3-5-13-6-11-16-12-7-13/h6-7,11-12,17H,3-5,8-10H2,1-2H3. The molecule has 1 unspecified atom stereocenters. The molecular weight excluding hydrogens is 238 g/mol. The molecular formula is C15H23N3O. The lowest BCUT2D eigenvalue weighted by Gasteiger charge is -2.31. The van der Waals surface area contributed by atoms with Gasteiger partial charge in [-0.15, -0.1) is 0 Å². The molecule has 0 saturated carbocycles. The second-order valence-corrected chi connectivity index (χ2v) is 5.52. The van der Waals surface area contributed by atoms with Gasteiger partial charge in [-0.2, -0.15) is 0 Å². The van der Waals surface area contributed by atoms with Crippen molar-refractivity contribution in [1.29, 1.82) is 0 Å². The van der Waals surface area contributed by atoms with Gasteiger partial charge >= 0.3 is 0 Å². The van der Waals surface area contributed by atoms with Crippen LogP contribution in [0.25, 0.3) is 0 Å². The Morgan fingerprint density at radius 3 is 2.74 bits per heavy atom. The number of carbonyl (C=O) groups is 1. The van der Waals surface area contributed by atoms with Gasteiger partial charge in [0.05, 0.1) is 5.54 Å². The molecule has 1 aliphatic heterocycles. The number of likely N-dealkylation sites (N-methyl/N-ethyl adjacent to an activating group) is 1. The molecule has 4 nitrogen and oxygen atoms in total. The predicted octanol–water partition coefficient (Wildman–Crippen LogP) is 1.61. The minimum atomic E-state index is -0.323. The highest BCUT2D eigenvalue weighted by atomic mass is 16.2. The Labute approximate surface area is 115 Å². The first-order valence-corrected chi connectivity index (χ1v) is 7.00. The predicted molar refractivity (Wildman–Crippen MR) is 75.8 cm³/mol. The zero-order chi connectivity index (χ0) is 13.7. The zero-order valence-corrected chi connectivity index (χ0v) is 11.9. The summed E-state index contributed by atoms with van der Waals surface area (Å²) in [5, 5.41) is 3.43. The molecule has 1 aliphatic rings. The summed E-state index contributed by atoms with van der Waals surface area (Å²) in [5.41, 5.74) is 0.969. The lowest BCUT2D eigenvalue weighted by molar-refractivity contribution is -0.135. The Kier molecular flexibility index (Phi) is 4.53. The van der Waals surface area contributed by atoms with Gasteiger partial charge in [-0.1, -0.05) is 0 Å². The van der Waals surface area contributed by atoms with E-state index in [1.165, 1.54) is 5.56 Å². The van der Waals surface area contributed by atoms with E-state index in [9.17, 15) is 4.79 Å². The normalized spacial score (nSPS) is 22.4. The molecule has 1 aromatic rings. The Hall–Kier alpha value is -1.42. The summed E-state index contributed by atoms with van der Waals surface area (Å²) in [6.45, 7) is 0.953. The Morgan fingerprint density at radius 2 is 2.16 bits per heavy atom. The molecule has 104 valence electrons. The number of aromatic nitrogens is 1. The summed E-state index contributed by atoms with van der Waals surface area (Å²) in [7, 11) is 3.68. The smallest absolute Gasteiger partial charge is 0.242 e. The van der Waals surface area contributed by atoms with Crippen LogP contribution in [0.2, 0.25) is 0 Å². The van der Waals surface area contributed by atoms with Gasteiger partial charge in [-0.3, -0.25) is 9.78 Å². The van der Waals surface area contributed by atoms with E-state index in [2.05, 4.69) is 10.3 Å². The molecule has 1 saturated heterocycles. The van der Waals surface area contributed by atoms with Crippen molar-refractivity contribution >= 4 is 5.91 Å². The van der Waals surface area contributed by atoms with Crippen LogP contribution in [0.15, 0.2) is 24.5 Å². The second-order valence-electron chi connectivity index (χ2n) is 5.52. The molecule has 0 radical (unpaired) electrons. The molecule has 1 atom stereocenters. The van der Waals surface area contributed by atoms with E-state index in [0.717, 1.165) is 38.6 Å². The number of hydrogen-bond acceptors (Lipinski definition) is 3. The summed E-state index contributed by atoms with van der Waals surface area (Å²) in [6, 6.07) is 4.09. The molecule has 0 bridgehead atoms. The van der Waals surface area contributed by atoms with Crippen molar-refractivity contribution in [2.24, 2.45) is 0 Å². The lowest BCUT2D eigenvalue weighted by Crippen LogP contribution is -2.53. The van der Waals surface area contributed by atoms with E-state index in [1.54, 1.807) is 4.90 Å². The number of amides is 1. The number of rotatable bonds is 5. The maximum Gasteiger partial charge on any atom is 0.242 e. The third kappa shape index (κ3) is 3.32. The van der Waals surface area contributed by atoms with Crippen LogP contribution in [0.4, 0.5) is 0 Å². The zero-order valence-electron chi connectivity index (χ0n) is 11.9. The minimum Gasteiger partial charge on any atom is -0.347 e. The van der Waals surface area contributed by atoms with Gasteiger partial charge in [-0.05, 0) is 56.3 Å². The summed E-state index contributed by atoms with van der Waals surface area (Å²) >= 11 is 0. The largest absolute Gasteiger partial charge is 0.347 e. The third-order valence-electron chi connectivity index (χ3n) is 3.88. The van der Waals surface area contributed by atoms with E-state index in [-0.39, 0.29) is 11.4 Å². The van der Waals surface area contributed by atoms with Crippen molar-refractivity contribution in [2.45, 2.75) is 37.6 Å². The second kappa shape index (κ2) is 6.15. The summed E-state index contributed by atoms with van der Waals surface area (Å²) in [5.74, 6) is 0.222. The van der Waals surface area contributed by atoms with Crippen molar-refractivity contribution in [3.05, 3.63) is 30.1 Å². The summed E-state index contributed by atoms with van der Waals surface area (Å²) in [4.78, 5) is 18.1. The fourth-order valence-corrected chi connectivity index (χ4v) is 2.88. The van der Waals surface area contributed by atoms with Gasteiger partial charge in [-0.25, -0.2) is 0 Å². The molecule has 0 aliphatic carbocycles. The molecule has 19 heavy (non-hydrogen) atoms. The quantitative estimate of drug-likeness (QED) is 0.876. The Bertz CT molecular complexity index is 411. The van der Waals surface area contributed by atoms with Crippen LogP contribution in [-0.2, 0) is 11.2 Å². The van der Waals surface area contributed by atoms with Crippen LogP contribution in [0.3, 0.4) is 0 Å². The molecule has 2 rings (SSSR count). The Balaban J connectivity index is 1.93. The van der Waals surface area contributed by atoms with Crippen molar-refractivity contribution in [3.63, 3.8) is 0 Å². The maximum absolute atomic E-state index is 12.4. The van der Waals surface area contributed by atoms with Gasteiger partial charge in [0, 0.05) is 26.5 Å². The van der Waals surface area contributed by atoms with Gasteiger partial charge < -0.3 is 10.2 Å². The number of pyridine rings is 1. The molecule has 4 heteroatoms. The highest BCUT2D eigenvalue weighted by Gasteiger charge is 2.41. The molecule has 2 heterocycles. The summed E-state index contributed by atoms with van der Waals surface area (Å²) < 4.78 is 0. The van der Waals surface area contributed by atoms with E-state index in [4.69, 9.17) is 0 Å². The molecule has 1 fully saturated rings. The van der Waals surface area contributed by atoms with Crippen LogP contribution < -0.4 is 5.32 Å². The topological polar surface area (TPSA) is 45.2 Å². The van der Waals surface area contributed by atoms with Crippen LogP contribution in [0.5, 0.6) is 0 Å². The number of aryl methyl sites for hydroxylation is 1. The molecule has 0 aromatic carbocycles. The number of nitrogens with one attached hydrogen (secondary N) is 1. The fraction of sp³-hybridized carbons (Fsp3) is 0.600. The first-order chi connectivity index (χ1) is 9.14. The molecule has 1 aromatic heterocycles. The summed E-state index contributed by atoms with van der Waals surface area (Å²) in [6.07, 6.45) is 8.64. The van der Waals surface area contributed by atoms with Gasteiger partial charge in [0.25, 0.3) is 0 Å². The average Bonchev–Trinajstić information content (AvgIpc) is 2.89. The molecule has 0 spiro atoms. The van der Waals surface area contributed by atoms with E-state index < -0.39 is 0 Å². The van der Waals surface area contributed by atoms with Gasteiger partial charge in [0.2, 0.25) is 5.91 Å². The maximum atomic E-state index is 12.4. The van der Waals surface area contributed by atoms with Crippen molar-refractivity contribution in [3.8, 4) is 0 Å². The number of hydrogen-bond donors (Lipinski definition) is 1. The van der Waals surface area contributed by atoms with Crippen molar-refractivity contribution < 1.29 is 4.79 Å². The first-order valence-electron chi connectivity index (χ1n) is 7.00. The molecule has 1 N–H and O–H groups in total.